The fraction of sp³-hybridized carbons (Fsp3) is 0.529. The smallest absolute Gasteiger partial charge is 0.260 e. The Bertz CT molecular complexity index is 598. The second kappa shape index (κ2) is 6.29. The molecule has 0 saturated heterocycles. The molecule has 0 atom stereocenters. The van der Waals surface area contributed by atoms with Gasteiger partial charge in [-0.25, -0.2) is 0 Å². The van der Waals surface area contributed by atoms with Crippen molar-refractivity contribution in [3.8, 4) is 11.5 Å². The Kier molecular flexibility index (Phi) is 4.23. The largest absolute Gasteiger partial charge is 0.398 e. The zero-order chi connectivity index (χ0) is 14.7. The summed E-state index contributed by atoms with van der Waals surface area (Å²) in [6, 6.07) is 5.91. The molecule has 1 aromatic heterocycles. The molecule has 0 radical (unpaired) electrons. The Morgan fingerprint density at radius 3 is 2.57 bits per heavy atom. The molecule has 21 heavy (non-hydrogen) atoms. The first-order valence-corrected chi connectivity index (χ1v) is 7.95. The van der Waals surface area contributed by atoms with E-state index in [2.05, 4.69) is 10.1 Å². The highest BCUT2D eigenvalue weighted by atomic mass is 16.5. The van der Waals surface area contributed by atoms with Crippen LogP contribution in [0.5, 0.6) is 0 Å². The van der Waals surface area contributed by atoms with Gasteiger partial charge in [-0.15, -0.1) is 0 Å². The molecule has 112 valence electrons. The van der Waals surface area contributed by atoms with Crippen molar-refractivity contribution in [3.63, 3.8) is 0 Å². The van der Waals surface area contributed by atoms with Gasteiger partial charge in [0.25, 0.3) is 5.89 Å². The minimum atomic E-state index is 0.439. The van der Waals surface area contributed by atoms with Crippen LogP contribution in [0.1, 0.15) is 62.3 Å². The fourth-order valence-corrected chi connectivity index (χ4v) is 3.09. The second-order valence-electron chi connectivity index (χ2n) is 6.04. The summed E-state index contributed by atoms with van der Waals surface area (Å²) < 4.78 is 5.47. The van der Waals surface area contributed by atoms with Crippen molar-refractivity contribution in [3.05, 3.63) is 29.6 Å². The highest BCUT2D eigenvalue weighted by Crippen LogP contribution is 2.32. The molecule has 1 aromatic carbocycles. The zero-order valence-corrected chi connectivity index (χ0v) is 12.6. The first kappa shape index (κ1) is 14.1. The van der Waals surface area contributed by atoms with E-state index >= 15 is 0 Å². The van der Waals surface area contributed by atoms with Crippen LogP contribution >= 0.6 is 0 Å². The second-order valence-corrected chi connectivity index (χ2v) is 6.04. The van der Waals surface area contributed by atoms with Crippen LogP contribution in [0.4, 0.5) is 5.69 Å². The molecule has 0 amide bonds. The fourth-order valence-electron chi connectivity index (χ4n) is 3.09. The molecule has 0 bridgehead atoms. The first-order valence-electron chi connectivity index (χ1n) is 7.95. The highest BCUT2D eigenvalue weighted by Gasteiger charge is 2.20. The SMILES string of the molecule is Cc1cccc(-c2nc(C3CCCCCCC3)no2)c1N. The molecule has 3 rings (SSSR count). The Morgan fingerprint density at radius 1 is 1.10 bits per heavy atom. The van der Waals surface area contributed by atoms with Gasteiger partial charge in [0.1, 0.15) is 0 Å². The Labute approximate surface area is 125 Å². The van der Waals surface area contributed by atoms with Crippen LogP contribution in [0.2, 0.25) is 0 Å². The van der Waals surface area contributed by atoms with E-state index in [0.29, 0.717) is 11.8 Å². The number of benzene rings is 1. The van der Waals surface area contributed by atoms with Gasteiger partial charge in [-0.1, -0.05) is 49.4 Å². The Hall–Kier alpha value is -1.84. The van der Waals surface area contributed by atoms with E-state index in [-0.39, 0.29) is 0 Å². The summed E-state index contributed by atoms with van der Waals surface area (Å²) in [7, 11) is 0. The summed E-state index contributed by atoms with van der Waals surface area (Å²) in [5, 5.41) is 4.22. The number of hydrogen-bond donors (Lipinski definition) is 1. The van der Waals surface area contributed by atoms with Crippen LogP contribution in [0.15, 0.2) is 22.7 Å². The minimum Gasteiger partial charge on any atom is -0.398 e. The van der Waals surface area contributed by atoms with Crippen molar-refractivity contribution < 1.29 is 4.52 Å². The van der Waals surface area contributed by atoms with Gasteiger partial charge < -0.3 is 10.3 Å². The maximum atomic E-state index is 6.12. The van der Waals surface area contributed by atoms with Crippen molar-refractivity contribution in [2.45, 2.75) is 57.8 Å². The summed E-state index contributed by atoms with van der Waals surface area (Å²) in [6.07, 6.45) is 8.88. The number of nitrogen functional groups attached to an aromatic ring is 1. The predicted molar refractivity (Wildman–Crippen MR) is 83.9 cm³/mol. The first-order chi connectivity index (χ1) is 10.3. The van der Waals surface area contributed by atoms with E-state index in [1.165, 1.54) is 44.9 Å². The lowest BCUT2D eigenvalue weighted by Crippen LogP contribution is -2.04. The number of para-hydroxylation sites is 1. The number of nitrogens with zero attached hydrogens (tertiary/aromatic N) is 2. The van der Waals surface area contributed by atoms with Crippen molar-refractivity contribution in [2.75, 3.05) is 5.73 Å². The van der Waals surface area contributed by atoms with Gasteiger partial charge in [0.05, 0.1) is 5.56 Å². The maximum Gasteiger partial charge on any atom is 0.260 e. The molecule has 0 unspecified atom stereocenters. The summed E-state index contributed by atoms with van der Waals surface area (Å²) in [6.45, 7) is 1.99. The summed E-state index contributed by atoms with van der Waals surface area (Å²) in [5.74, 6) is 1.84. The van der Waals surface area contributed by atoms with Crippen LogP contribution < -0.4 is 5.73 Å². The van der Waals surface area contributed by atoms with Gasteiger partial charge in [0.15, 0.2) is 5.82 Å². The van der Waals surface area contributed by atoms with E-state index in [9.17, 15) is 0 Å². The van der Waals surface area contributed by atoms with Crippen molar-refractivity contribution in [2.24, 2.45) is 0 Å². The zero-order valence-electron chi connectivity index (χ0n) is 12.6. The number of nitrogens with two attached hydrogens (primary N) is 1. The monoisotopic (exact) mass is 285 g/mol. The molecule has 1 saturated carbocycles. The van der Waals surface area contributed by atoms with E-state index in [0.717, 1.165) is 22.6 Å². The minimum absolute atomic E-state index is 0.439. The van der Waals surface area contributed by atoms with Crippen LogP contribution in [0, 0.1) is 6.92 Å². The number of aromatic nitrogens is 2. The average Bonchev–Trinajstić information content (AvgIpc) is 2.91. The topological polar surface area (TPSA) is 64.9 Å². The third-order valence-electron chi connectivity index (χ3n) is 4.47. The third-order valence-corrected chi connectivity index (χ3v) is 4.47. The van der Waals surface area contributed by atoms with E-state index in [1.807, 2.05) is 25.1 Å². The molecule has 1 aliphatic rings. The van der Waals surface area contributed by atoms with Gasteiger partial charge in [-0.05, 0) is 31.4 Å². The Balaban J connectivity index is 1.83. The van der Waals surface area contributed by atoms with E-state index < -0.39 is 0 Å². The predicted octanol–water partition coefficient (Wildman–Crippen LogP) is 4.46. The van der Waals surface area contributed by atoms with Gasteiger partial charge in [0, 0.05) is 11.6 Å². The lowest BCUT2D eigenvalue weighted by molar-refractivity contribution is 0.393. The molecule has 0 spiro atoms. The Morgan fingerprint density at radius 2 is 1.81 bits per heavy atom. The normalized spacial score (nSPS) is 17.4. The maximum absolute atomic E-state index is 6.12. The quantitative estimate of drug-likeness (QED) is 0.828. The molecule has 1 fully saturated rings. The van der Waals surface area contributed by atoms with Gasteiger partial charge >= 0.3 is 0 Å². The number of rotatable bonds is 2. The van der Waals surface area contributed by atoms with Crippen LogP contribution in [0.25, 0.3) is 11.5 Å². The molecule has 4 heteroatoms. The van der Waals surface area contributed by atoms with Crippen molar-refractivity contribution in [1.82, 2.24) is 10.1 Å². The van der Waals surface area contributed by atoms with Crippen LogP contribution in [-0.2, 0) is 0 Å². The summed E-state index contributed by atoms with van der Waals surface area (Å²) in [5.41, 5.74) is 8.73. The van der Waals surface area contributed by atoms with Crippen molar-refractivity contribution in [1.29, 1.82) is 0 Å². The highest BCUT2D eigenvalue weighted by molar-refractivity contribution is 5.73. The van der Waals surface area contributed by atoms with E-state index in [4.69, 9.17) is 10.3 Å². The van der Waals surface area contributed by atoms with Gasteiger partial charge in [0.2, 0.25) is 0 Å². The molecule has 2 N–H and O–H groups in total. The molecule has 1 heterocycles. The van der Waals surface area contributed by atoms with Gasteiger partial charge in [-0.2, -0.15) is 4.98 Å². The van der Waals surface area contributed by atoms with Crippen LogP contribution in [-0.4, -0.2) is 10.1 Å². The molecule has 0 aliphatic heterocycles. The third kappa shape index (κ3) is 3.09. The molecular weight excluding hydrogens is 262 g/mol. The van der Waals surface area contributed by atoms with Gasteiger partial charge in [-0.3, -0.25) is 0 Å². The lowest BCUT2D eigenvalue weighted by Gasteiger charge is -2.15. The number of hydrogen-bond acceptors (Lipinski definition) is 4. The average molecular weight is 285 g/mol. The number of anilines is 1. The standard InChI is InChI=1S/C17H23N3O/c1-12-8-7-11-14(15(12)18)17-19-16(20-21-17)13-9-5-3-2-4-6-10-13/h7-8,11,13H,2-6,9-10,18H2,1H3. The van der Waals surface area contributed by atoms with E-state index in [1.54, 1.807) is 0 Å². The molecule has 4 nitrogen and oxygen atoms in total. The number of aryl methyl sites for hydroxylation is 1. The van der Waals surface area contributed by atoms with Crippen molar-refractivity contribution >= 4 is 5.69 Å². The van der Waals surface area contributed by atoms with Crippen LogP contribution in [0.3, 0.4) is 0 Å². The summed E-state index contributed by atoms with van der Waals surface area (Å²) in [4.78, 5) is 4.62. The molecular formula is C17H23N3O. The lowest BCUT2D eigenvalue weighted by atomic mass is 9.91. The molecule has 1 aliphatic carbocycles. The molecule has 2 aromatic rings. The summed E-state index contributed by atoms with van der Waals surface area (Å²) >= 11 is 0.